The predicted octanol–water partition coefficient (Wildman–Crippen LogP) is 3.86. The lowest BCUT2D eigenvalue weighted by molar-refractivity contribution is -0.153. The van der Waals surface area contributed by atoms with E-state index in [1.165, 1.54) is 0 Å². The third-order valence-electron chi connectivity index (χ3n) is 9.69. The molecule has 2 unspecified atom stereocenters. The Kier molecular flexibility index (Phi) is 7.03. The summed E-state index contributed by atoms with van der Waals surface area (Å²) in [5.41, 5.74) is -0.214. The van der Waals surface area contributed by atoms with Crippen LogP contribution in [0.25, 0.3) is 0 Å². The van der Waals surface area contributed by atoms with Gasteiger partial charge in [-0.3, -0.25) is 14.5 Å². The van der Waals surface area contributed by atoms with Crippen molar-refractivity contribution in [1.29, 1.82) is 0 Å². The number of carboxylic acid groups (broad SMARTS) is 1. The zero-order valence-electron chi connectivity index (χ0n) is 22.3. The summed E-state index contributed by atoms with van der Waals surface area (Å²) >= 11 is 0. The highest BCUT2D eigenvalue weighted by molar-refractivity contribution is 5.87. The molecule has 6 rings (SSSR count). The monoisotopic (exact) mass is 531 g/mol. The van der Waals surface area contributed by atoms with Crippen LogP contribution < -0.4 is 10.6 Å². The van der Waals surface area contributed by atoms with Crippen molar-refractivity contribution >= 4 is 17.8 Å². The highest BCUT2D eigenvalue weighted by atomic mass is 19.3. The van der Waals surface area contributed by atoms with Gasteiger partial charge in [0.05, 0.1) is 23.1 Å². The van der Waals surface area contributed by atoms with Crippen molar-refractivity contribution < 1.29 is 28.3 Å². The summed E-state index contributed by atoms with van der Waals surface area (Å²) < 4.78 is 28.1. The SMILES string of the molecule is CC(C)(C(=O)NC1C2CC3CC1CC(C(=O)NCCc1ccc(C(=O)O)cc1)(C3)C2)N1CCCC(F)(F)C1. The van der Waals surface area contributed by atoms with Gasteiger partial charge in [0.25, 0.3) is 5.92 Å². The number of halogens is 2. The molecule has 0 radical (unpaired) electrons. The summed E-state index contributed by atoms with van der Waals surface area (Å²) in [7, 11) is 0. The Bertz CT molecular complexity index is 1070. The third kappa shape index (κ3) is 5.18. The number of carboxylic acids is 1. The Morgan fingerprint density at radius 2 is 1.74 bits per heavy atom. The van der Waals surface area contributed by atoms with Crippen molar-refractivity contribution in [3.63, 3.8) is 0 Å². The Hall–Kier alpha value is -2.55. The third-order valence-corrected chi connectivity index (χ3v) is 9.69. The van der Waals surface area contributed by atoms with Crippen molar-refractivity contribution in [2.45, 2.75) is 82.7 Å². The molecule has 38 heavy (non-hydrogen) atoms. The number of benzene rings is 1. The first-order chi connectivity index (χ1) is 17.9. The molecule has 2 atom stereocenters. The summed E-state index contributed by atoms with van der Waals surface area (Å²) in [6.45, 7) is 4.07. The van der Waals surface area contributed by atoms with E-state index in [0.717, 1.165) is 37.7 Å². The molecule has 0 spiro atoms. The minimum Gasteiger partial charge on any atom is -0.478 e. The fraction of sp³-hybridized carbons (Fsp3) is 0.690. The van der Waals surface area contributed by atoms with E-state index in [0.29, 0.717) is 31.8 Å². The second-order valence-electron chi connectivity index (χ2n) is 12.7. The Morgan fingerprint density at radius 3 is 2.34 bits per heavy atom. The molecule has 1 heterocycles. The molecule has 1 aromatic carbocycles. The standard InChI is InChI=1S/C29H39F2N3O4/c1-27(2,34-11-3-9-29(30,31)17-34)25(37)33-23-21-12-19-13-22(23)16-28(14-19,15-21)26(38)32-10-8-18-4-6-20(7-5-18)24(35)36/h4-7,19,21-23H,3,8-17H2,1-2H3,(H,32,38)(H,33,37)(H,35,36). The maximum absolute atomic E-state index is 14.1. The van der Waals surface area contributed by atoms with Gasteiger partial charge < -0.3 is 15.7 Å². The molecule has 1 aromatic rings. The van der Waals surface area contributed by atoms with Crippen molar-refractivity contribution in [3.8, 4) is 0 Å². The van der Waals surface area contributed by atoms with Gasteiger partial charge in [0.2, 0.25) is 11.8 Å². The van der Waals surface area contributed by atoms with Gasteiger partial charge in [-0.25, -0.2) is 13.6 Å². The Labute approximate surface area is 222 Å². The number of hydrogen-bond donors (Lipinski definition) is 3. The van der Waals surface area contributed by atoms with Gasteiger partial charge in [0, 0.05) is 19.0 Å². The smallest absolute Gasteiger partial charge is 0.335 e. The van der Waals surface area contributed by atoms with Gasteiger partial charge in [0.15, 0.2) is 0 Å². The number of nitrogens with one attached hydrogen (secondary N) is 2. The van der Waals surface area contributed by atoms with Gasteiger partial charge in [0.1, 0.15) is 0 Å². The van der Waals surface area contributed by atoms with Crippen LogP contribution >= 0.6 is 0 Å². The molecule has 1 aliphatic heterocycles. The topological polar surface area (TPSA) is 98.7 Å². The van der Waals surface area contributed by atoms with Gasteiger partial charge in [-0.1, -0.05) is 12.1 Å². The average Bonchev–Trinajstić information content (AvgIpc) is 2.85. The predicted molar refractivity (Wildman–Crippen MR) is 138 cm³/mol. The van der Waals surface area contributed by atoms with Crippen LogP contribution in [0.5, 0.6) is 0 Å². The van der Waals surface area contributed by atoms with Crippen molar-refractivity contribution in [2.75, 3.05) is 19.6 Å². The second-order valence-corrected chi connectivity index (χ2v) is 12.7. The molecule has 7 nitrogen and oxygen atoms in total. The minimum absolute atomic E-state index is 0.0164. The molecule has 4 bridgehead atoms. The summed E-state index contributed by atoms with van der Waals surface area (Å²) in [5.74, 6) is -2.92. The number of hydrogen-bond acceptors (Lipinski definition) is 4. The van der Waals surface area contributed by atoms with Gasteiger partial charge in [-0.2, -0.15) is 0 Å². The number of likely N-dealkylation sites (tertiary alicyclic amines) is 1. The first-order valence-electron chi connectivity index (χ1n) is 13.9. The van der Waals surface area contributed by atoms with Crippen molar-refractivity contribution in [1.82, 2.24) is 15.5 Å². The van der Waals surface area contributed by atoms with Crippen molar-refractivity contribution in [2.24, 2.45) is 23.2 Å². The summed E-state index contributed by atoms with van der Waals surface area (Å²) in [5, 5.41) is 15.4. The highest BCUT2D eigenvalue weighted by Gasteiger charge is 2.59. The van der Waals surface area contributed by atoms with Gasteiger partial charge in [-0.15, -0.1) is 0 Å². The quantitative estimate of drug-likeness (QED) is 0.473. The lowest BCUT2D eigenvalue weighted by atomic mass is 9.47. The van der Waals surface area contributed by atoms with E-state index >= 15 is 0 Å². The molecule has 5 fully saturated rings. The average molecular weight is 532 g/mol. The van der Waals surface area contributed by atoms with Crippen LogP contribution in [0.1, 0.15) is 74.7 Å². The molecular formula is C29H39F2N3O4. The maximum Gasteiger partial charge on any atom is 0.335 e. The molecule has 4 aliphatic carbocycles. The van der Waals surface area contributed by atoms with E-state index in [4.69, 9.17) is 5.11 Å². The molecule has 9 heteroatoms. The van der Waals surface area contributed by atoms with Crippen LogP contribution in [0.15, 0.2) is 24.3 Å². The Balaban J connectivity index is 1.18. The second kappa shape index (κ2) is 9.88. The molecule has 1 saturated heterocycles. The maximum atomic E-state index is 14.1. The number of carbonyl (C=O) groups is 3. The van der Waals surface area contributed by atoms with Crippen LogP contribution in [0.2, 0.25) is 0 Å². The molecule has 3 N–H and O–H groups in total. The first kappa shape index (κ1) is 27.0. The highest BCUT2D eigenvalue weighted by Crippen LogP contribution is 2.60. The molecule has 4 saturated carbocycles. The fourth-order valence-corrected chi connectivity index (χ4v) is 7.77. The lowest BCUT2D eigenvalue weighted by Gasteiger charge is -2.59. The van der Waals surface area contributed by atoms with Gasteiger partial charge >= 0.3 is 5.97 Å². The number of aromatic carboxylic acids is 1. The van der Waals surface area contributed by atoms with E-state index in [1.807, 2.05) is 0 Å². The molecule has 5 aliphatic rings. The van der Waals surface area contributed by atoms with E-state index < -0.39 is 22.8 Å². The van der Waals surface area contributed by atoms with Crippen molar-refractivity contribution in [3.05, 3.63) is 35.4 Å². The van der Waals surface area contributed by atoms with E-state index in [1.54, 1.807) is 43.0 Å². The molecule has 0 aromatic heterocycles. The largest absolute Gasteiger partial charge is 0.478 e. The molecular weight excluding hydrogens is 492 g/mol. The van der Waals surface area contributed by atoms with Crippen LogP contribution in [0.4, 0.5) is 8.78 Å². The van der Waals surface area contributed by atoms with E-state index in [9.17, 15) is 23.2 Å². The van der Waals surface area contributed by atoms with Crippen LogP contribution in [0, 0.1) is 23.2 Å². The zero-order chi connectivity index (χ0) is 27.3. The van der Waals surface area contributed by atoms with Gasteiger partial charge in [-0.05, 0) is 101 Å². The number of carbonyl (C=O) groups excluding carboxylic acids is 2. The van der Waals surface area contributed by atoms with E-state index in [-0.39, 0.29) is 48.2 Å². The molecule has 208 valence electrons. The molecule has 2 amide bonds. The first-order valence-corrected chi connectivity index (χ1v) is 13.9. The fourth-order valence-electron chi connectivity index (χ4n) is 7.77. The normalized spacial score (nSPS) is 32.1. The van der Waals surface area contributed by atoms with E-state index in [2.05, 4.69) is 10.6 Å². The number of piperidine rings is 1. The number of amides is 2. The summed E-state index contributed by atoms with van der Waals surface area (Å²) in [6.07, 6.45) is 5.24. The number of alkyl halides is 2. The minimum atomic E-state index is -2.76. The number of nitrogens with zero attached hydrogens (tertiary/aromatic N) is 1. The zero-order valence-corrected chi connectivity index (χ0v) is 22.3. The summed E-state index contributed by atoms with van der Waals surface area (Å²) in [6, 6.07) is 6.69. The van der Waals surface area contributed by atoms with Crippen LogP contribution in [-0.2, 0) is 16.0 Å². The van der Waals surface area contributed by atoms with Crippen LogP contribution in [-0.4, -0.2) is 64.9 Å². The number of rotatable bonds is 8. The Morgan fingerprint density at radius 1 is 1.08 bits per heavy atom. The lowest BCUT2D eigenvalue weighted by Crippen LogP contribution is -2.66. The van der Waals surface area contributed by atoms with Crippen LogP contribution in [0.3, 0.4) is 0 Å². The summed E-state index contributed by atoms with van der Waals surface area (Å²) in [4.78, 5) is 39.5.